The van der Waals surface area contributed by atoms with Gasteiger partial charge in [0.1, 0.15) is 11.6 Å². The summed E-state index contributed by atoms with van der Waals surface area (Å²) in [6.07, 6.45) is -1.13. The summed E-state index contributed by atoms with van der Waals surface area (Å²) >= 11 is 3.03. The van der Waals surface area contributed by atoms with Gasteiger partial charge in [-0.2, -0.15) is 0 Å². The van der Waals surface area contributed by atoms with Gasteiger partial charge in [0.2, 0.25) is 6.10 Å². The maximum atomic E-state index is 13.1. The van der Waals surface area contributed by atoms with Gasteiger partial charge < -0.3 is 9.84 Å². The number of halogens is 2. The lowest BCUT2D eigenvalue weighted by Crippen LogP contribution is -2.18. The highest BCUT2D eigenvalue weighted by atomic mass is 79.9. The highest BCUT2D eigenvalue weighted by molar-refractivity contribution is 9.10. The van der Waals surface area contributed by atoms with Crippen molar-refractivity contribution in [1.82, 2.24) is 0 Å². The third-order valence-corrected chi connectivity index (χ3v) is 3.08. The van der Waals surface area contributed by atoms with Gasteiger partial charge in [0.15, 0.2) is 0 Å². The molecule has 0 fully saturated rings. The number of hydrogen-bond donors (Lipinski definition) is 1. The Labute approximate surface area is 117 Å². The van der Waals surface area contributed by atoms with Gasteiger partial charge in [-0.25, -0.2) is 9.18 Å². The number of rotatable bonds is 4. The van der Waals surface area contributed by atoms with Crippen molar-refractivity contribution in [2.45, 2.75) is 6.10 Å². The van der Waals surface area contributed by atoms with Gasteiger partial charge >= 0.3 is 5.97 Å². The number of carbonyl (C=O) groups is 1. The van der Waals surface area contributed by atoms with E-state index in [1.54, 1.807) is 30.3 Å². The number of aliphatic carboxylic acids is 1. The summed E-state index contributed by atoms with van der Waals surface area (Å²) in [7, 11) is 0. The van der Waals surface area contributed by atoms with Crippen LogP contribution in [0.4, 0.5) is 4.39 Å². The third-order valence-electron chi connectivity index (χ3n) is 2.47. The normalized spacial score (nSPS) is 11.9. The first kappa shape index (κ1) is 13.5. The lowest BCUT2D eigenvalue weighted by molar-refractivity contribution is -0.145. The van der Waals surface area contributed by atoms with E-state index in [0.717, 1.165) is 0 Å². The molecule has 0 radical (unpaired) electrons. The molecule has 1 N–H and O–H groups in total. The summed E-state index contributed by atoms with van der Waals surface area (Å²) in [5.41, 5.74) is 0.524. The van der Waals surface area contributed by atoms with E-state index in [0.29, 0.717) is 5.56 Å². The summed E-state index contributed by atoms with van der Waals surface area (Å²) in [4.78, 5) is 11.2. The smallest absolute Gasteiger partial charge is 0.349 e. The number of benzene rings is 2. The minimum absolute atomic E-state index is 0.224. The Kier molecular flexibility index (Phi) is 4.16. The average Bonchev–Trinajstić information content (AvgIpc) is 2.40. The van der Waals surface area contributed by atoms with E-state index >= 15 is 0 Å². The van der Waals surface area contributed by atoms with E-state index in [2.05, 4.69) is 15.9 Å². The molecule has 1 atom stereocenters. The van der Waals surface area contributed by atoms with Crippen LogP contribution < -0.4 is 4.74 Å². The predicted octanol–water partition coefficient (Wildman–Crippen LogP) is 3.79. The zero-order valence-corrected chi connectivity index (χ0v) is 11.3. The first-order valence-corrected chi connectivity index (χ1v) is 6.26. The molecule has 2 aromatic carbocycles. The second kappa shape index (κ2) is 5.84. The Balaban J connectivity index is 2.27. The van der Waals surface area contributed by atoms with Crippen molar-refractivity contribution in [3.63, 3.8) is 0 Å². The van der Waals surface area contributed by atoms with Crippen LogP contribution in [-0.4, -0.2) is 11.1 Å². The monoisotopic (exact) mass is 324 g/mol. The SMILES string of the molecule is O=C(O)C(Oc1ccc(F)c(Br)c1)c1ccccc1. The van der Waals surface area contributed by atoms with Gasteiger partial charge in [-0.05, 0) is 34.1 Å². The first-order chi connectivity index (χ1) is 9.08. The van der Waals surface area contributed by atoms with Crippen LogP contribution in [0, 0.1) is 5.82 Å². The van der Waals surface area contributed by atoms with Crippen molar-refractivity contribution < 1.29 is 19.0 Å². The van der Waals surface area contributed by atoms with Gasteiger partial charge in [-0.15, -0.1) is 0 Å². The molecule has 0 aromatic heterocycles. The van der Waals surface area contributed by atoms with Gasteiger partial charge in [-0.1, -0.05) is 30.3 Å². The molecule has 0 amide bonds. The van der Waals surface area contributed by atoms with Crippen LogP contribution in [-0.2, 0) is 4.79 Å². The first-order valence-electron chi connectivity index (χ1n) is 5.47. The standard InChI is InChI=1S/C14H10BrFO3/c15-11-8-10(6-7-12(11)16)19-13(14(17)18)9-4-2-1-3-5-9/h1-8,13H,(H,17,18). The molecule has 0 aliphatic rings. The Morgan fingerprint density at radius 3 is 2.47 bits per heavy atom. The molecule has 5 heteroatoms. The number of ether oxygens (including phenoxy) is 1. The van der Waals surface area contributed by atoms with Gasteiger partial charge in [0.25, 0.3) is 0 Å². The molecule has 19 heavy (non-hydrogen) atoms. The van der Waals surface area contributed by atoms with Crippen LogP contribution in [0.2, 0.25) is 0 Å². The molecule has 1 unspecified atom stereocenters. The summed E-state index contributed by atoms with van der Waals surface area (Å²) in [5, 5.41) is 9.20. The molecule has 0 bridgehead atoms. The molecule has 0 aliphatic carbocycles. The van der Waals surface area contributed by atoms with Crippen LogP contribution >= 0.6 is 15.9 Å². The molecule has 0 saturated carbocycles. The molecule has 98 valence electrons. The van der Waals surface area contributed by atoms with Crippen molar-refractivity contribution in [3.05, 3.63) is 64.4 Å². The molecule has 0 saturated heterocycles. The van der Waals surface area contributed by atoms with Crippen LogP contribution in [0.15, 0.2) is 53.0 Å². The van der Waals surface area contributed by atoms with Gasteiger partial charge in [0.05, 0.1) is 4.47 Å². The molecular formula is C14H10BrFO3. The van der Waals surface area contributed by atoms with Crippen LogP contribution in [0.3, 0.4) is 0 Å². The van der Waals surface area contributed by atoms with E-state index in [1.807, 2.05) is 0 Å². The third kappa shape index (κ3) is 3.32. The van der Waals surface area contributed by atoms with E-state index in [-0.39, 0.29) is 10.2 Å². The Morgan fingerprint density at radius 2 is 1.89 bits per heavy atom. The zero-order valence-electron chi connectivity index (χ0n) is 9.72. The molecule has 2 aromatic rings. The number of carboxylic acids is 1. The van der Waals surface area contributed by atoms with Crippen LogP contribution in [0.25, 0.3) is 0 Å². The largest absolute Gasteiger partial charge is 0.478 e. The van der Waals surface area contributed by atoms with E-state index < -0.39 is 17.9 Å². The highest BCUT2D eigenvalue weighted by Crippen LogP contribution is 2.26. The lowest BCUT2D eigenvalue weighted by Gasteiger charge is -2.15. The Morgan fingerprint density at radius 1 is 1.21 bits per heavy atom. The minimum atomic E-state index is -1.13. The van der Waals surface area contributed by atoms with E-state index in [1.165, 1.54) is 18.2 Å². The average molecular weight is 325 g/mol. The van der Waals surface area contributed by atoms with Crippen molar-refractivity contribution in [2.75, 3.05) is 0 Å². The topological polar surface area (TPSA) is 46.5 Å². The zero-order chi connectivity index (χ0) is 13.8. The predicted molar refractivity (Wildman–Crippen MR) is 71.5 cm³/mol. The summed E-state index contributed by atoms with van der Waals surface area (Å²) < 4.78 is 18.7. The second-order valence-corrected chi connectivity index (χ2v) is 4.68. The fourth-order valence-electron chi connectivity index (χ4n) is 1.58. The number of hydrogen-bond acceptors (Lipinski definition) is 2. The molecule has 3 nitrogen and oxygen atoms in total. The second-order valence-electron chi connectivity index (χ2n) is 3.82. The Bertz CT molecular complexity index is 586. The quantitative estimate of drug-likeness (QED) is 0.930. The van der Waals surface area contributed by atoms with E-state index in [9.17, 15) is 14.3 Å². The fraction of sp³-hybridized carbons (Fsp3) is 0.0714. The number of carboxylic acid groups (broad SMARTS) is 1. The van der Waals surface area contributed by atoms with Crippen LogP contribution in [0.1, 0.15) is 11.7 Å². The maximum Gasteiger partial charge on any atom is 0.349 e. The minimum Gasteiger partial charge on any atom is -0.478 e. The van der Waals surface area contributed by atoms with E-state index in [4.69, 9.17) is 4.74 Å². The lowest BCUT2D eigenvalue weighted by atomic mass is 10.1. The molecular weight excluding hydrogens is 315 g/mol. The molecule has 0 spiro atoms. The highest BCUT2D eigenvalue weighted by Gasteiger charge is 2.21. The van der Waals surface area contributed by atoms with Crippen molar-refractivity contribution in [3.8, 4) is 5.75 Å². The van der Waals surface area contributed by atoms with Crippen molar-refractivity contribution >= 4 is 21.9 Å². The van der Waals surface area contributed by atoms with Gasteiger partial charge in [0, 0.05) is 5.56 Å². The molecule has 0 aliphatic heterocycles. The summed E-state index contributed by atoms with van der Waals surface area (Å²) in [5.74, 6) is -1.25. The summed E-state index contributed by atoms with van der Waals surface area (Å²) in [6.45, 7) is 0. The van der Waals surface area contributed by atoms with Crippen molar-refractivity contribution in [1.29, 1.82) is 0 Å². The van der Waals surface area contributed by atoms with Crippen LogP contribution in [0.5, 0.6) is 5.75 Å². The fourth-order valence-corrected chi connectivity index (χ4v) is 1.93. The Hall–Kier alpha value is -1.88. The summed E-state index contributed by atoms with van der Waals surface area (Å²) in [6, 6.07) is 12.6. The van der Waals surface area contributed by atoms with Crippen molar-refractivity contribution in [2.24, 2.45) is 0 Å². The maximum absolute atomic E-state index is 13.1. The molecule has 0 heterocycles. The molecule has 2 rings (SSSR count). The van der Waals surface area contributed by atoms with Gasteiger partial charge in [-0.3, -0.25) is 0 Å².